The Morgan fingerprint density at radius 2 is 1.83 bits per heavy atom. The summed E-state index contributed by atoms with van der Waals surface area (Å²) in [5.41, 5.74) is 1.38. The Hall–Kier alpha value is -2.37. The van der Waals surface area contributed by atoms with Gasteiger partial charge in [0.25, 0.3) is 5.91 Å². The van der Waals surface area contributed by atoms with Crippen molar-refractivity contribution < 1.29 is 9.59 Å². The number of benzene rings is 2. The standard InChI is InChI=1S/C23H26ClN3O2/c1-26-12-11-23(15-26)16-27(22(29)17-7-3-2-4-8-17)14-19(23)21(28)25-13-18-9-5-6-10-20(18)24/h2-10,19H,11-16H2,1H3,(H,25,28)/t19-,23+/m0/s1. The van der Waals surface area contributed by atoms with E-state index in [1.54, 1.807) is 0 Å². The lowest BCUT2D eigenvalue weighted by atomic mass is 9.76. The van der Waals surface area contributed by atoms with Crippen LogP contribution in [0.3, 0.4) is 0 Å². The van der Waals surface area contributed by atoms with E-state index in [0.717, 1.165) is 25.1 Å². The first-order chi connectivity index (χ1) is 14.0. The number of halogens is 1. The third-order valence-electron chi connectivity index (χ3n) is 6.26. The number of rotatable bonds is 4. The van der Waals surface area contributed by atoms with E-state index in [9.17, 15) is 9.59 Å². The van der Waals surface area contributed by atoms with Crippen molar-refractivity contribution in [2.24, 2.45) is 11.3 Å². The summed E-state index contributed by atoms with van der Waals surface area (Å²) >= 11 is 6.23. The van der Waals surface area contributed by atoms with Gasteiger partial charge in [0.2, 0.25) is 5.91 Å². The summed E-state index contributed by atoms with van der Waals surface area (Å²) in [5.74, 6) is -0.216. The van der Waals surface area contributed by atoms with Gasteiger partial charge < -0.3 is 15.1 Å². The number of amides is 2. The molecule has 0 aromatic heterocycles. The van der Waals surface area contributed by atoms with Crippen LogP contribution in [-0.4, -0.2) is 54.8 Å². The van der Waals surface area contributed by atoms with Gasteiger partial charge in [0.15, 0.2) is 0 Å². The van der Waals surface area contributed by atoms with Gasteiger partial charge in [-0.1, -0.05) is 48.0 Å². The Morgan fingerprint density at radius 3 is 2.52 bits per heavy atom. The molecule has 2 aromatic rings. The second-order valence-corrected chi connectivity index (χ2v) is 8.67. The van der Waals surface area contributed by atoms with E-state index in [4.69, 9.17) is 11.6 Å². The molecule has 2 heterocycles. The molecule has 0 bridgehead atoms. The van der Waals surface area contributed by atoms with Crippen LogP contribution in [0.25, 0.3) is 0 Å². The fraction of sp³-hybridized carbons (Fsp3) is 0.391. The van der Waals surface area contributed by atoms with E-state index in [1.165, 1.54) is 0 Å². The van der Waals surface area contributed by atoms with Crippen LogP contribution in [0, 0.1) is 11.3 Å². The van der Waals surface area contributed by atoms with Crippen LogP contribution in [0.5, 0.6) is 0 Å². The fourth-order valence-electron chi connectivity index (χ4n) is 4.72. The minimum absolute atomic E-state index is 0.000863. The highest BCUT2D eigenvalue weighted by Crippen LogP contribution is 2.44. The highest BCUT2D eigenvalue weighted by Gasteiger charge is 2.53. The number of nitrogens with one attached hydrogen (secondary N) is 1. The molecule has 0 saturated carbocycles. The number of carbonyl (C=O) groups excluding carboxylic acids is 2. The van der Waals surface area contributed by atoms with Gasteiger partial charge in [-0.15, -0.1) is 0 Å². The number of hydrogen-bond donors (Lipinski definition) is 1. The summed E-state index contributed by atoms with van der Waals surface area (Å²) < 4.78 is 0. The average Bonchev–Trinajstić information content (AvgIpc) is 3.30. The molecule has 1 N–H and O–H groups in total. The van der Waals surface area contributed by atoms with Gasteiger partial charge in [-0.05, 0) is 43.8 Å². The molecule has 5 nitrogen and oxygen atoms in total. The normalized spacial score (nSPS) is 24.2. The molecule has 0 radical (unpaired) electrons. The second kappa shape index (κ2) is 8.17. The smallest absolute Gasteiger partial charge is 0.253 e. The lowest BCUT2D eigenvalue weighted by Gasteiger charge is -2.29. The van der Waals surface area contributed by atoms with Crippen LogP contribution >= 0.6 is 11.6 Å². The van der Waals surface area contributed by atoms with Crippen LogP contribution < -0.4 is 5.32 Å². The first-order valence-electron chi connectivity index (χ1n) is 10.0. The molecule has 4 rings (SSSR count). The number of carbonyl (C=O) groups is 2. The second-order valence-electron chi connectivity index (χ2n) is 8.26. The van der Waals surface area contributed by atoms with E-state index < -0.39 is 0 Å². The maximum absolute atomic E-state index is 13.2. The van der Waals surface area contributed by atoms with Crippen molar-refractivity contribution >= 4 is 23.4 Å². The van der Waals surface area contributed by atoms with Crippen molar-refractivity contribution in [2.45, 2.75) is 13.0 Å². The SMILES string of the molecule is CN1CC[C@@]2(C1)CN(C(=O)c1ccccc1)C[C@H]2C(=O)NCc1ccccc1Cl. The zero-order valence-corrected chi connectivity index (χ0v) is 17.4. The molecule has 2 atom stereocenters. The Labute approximate surface area is 176 Å². The molecule has 2 fully saturated rings. The molecule has 2 amide bonds. The summed E-state index contributed by atoms with van der Waals surface area (Å²) in [6.07, 6.45) is 0.923. The van der Waals surface area contributed by atoms with Gasteiger partial charge in [-0.2, -0.15) is 0 Å². The van der Waals surface area contributed by atoms with Crippen LogP contribution in [0.15, 0.2) is 54.6 Å². The van der Waals surface area contributed by atoms with Crippen LogP contribution in [-0.2, 0) is 11.3 Å². The van der Waals surface area contributed by atoms with E-state index >= 15 is 0 Å². The third-order valence-corrected chi connectivity index (χ3v) is 6.63. The molecule has 152 valence electrons. The molecule has 1 spiro atoms. The lowest BCUT2D eigenvalue weighted by Crippen LogP contribution is -2.42. The predicted molar refractivity (Wildman–Crippen MR) is 114 cm³/mol. The maximum atomic E-state index is 13.2. The van der Waals surface area contributed by atoms with Gasteiger partial charge in [-0.25, -0.2) is 0 Å². The summed E-state index contributed by atoms with van der Waals surface area (Å²) in [5, 5.41) is 3.72. The third kappa shape index (κ3) is 4.02. The lowest BCUT2D eigenvalue weighted by molar-refractivity contribution is -0.127. The van der Waals surface area contributed by atoms with Crippen molar-refractivity contribution in [3.63, 3.8) is 0 Å². The average molecular weight is 412 g/mol. The molecule has 0 aliphatic carbocycles. The zero-order chi connectivity index (χ0) is 20.4. The van der Waals surface area contributed by atoms with Gasteiger partial charge in [0.1, 0.15) is 0 Å². The van der Waals surface area contributed by atoms with Crippen molar-refractivity contribution in [1.29, 1.82) is 0 Å². The van der Waals surface area contributed by atoms with Crippen molar-refractivity contribution in [2.75, 3.05) is 33.2 Å². The highest BCUT2D eigenvalue weighted by atomic mass is 35.5. The Balaban J connectivity index is 1.51. The number of hydrogen-bond acceptors (Lipinski definition) is 3. The minimum atomic E-state index is -0.220. The van der Waals surface area contributed by atoms with Gasteiger partial charge in [0, 0.05) is 42.2 Å². The summed E-state index contributed by atoms with van der Waals surface area (Å²) in [7, 11) is 2.08. The fourth-order valence-corrected chi connectivity index (χ4v) is 4.92. The van der Waals surface area contributed by atoms with Crippen LogP contribution in [0.2, 0.25) is 5.02 Å². The highest BCUT2D eigenvalue weighted by molar-refractivity contribution is 6.31. The van der Waals surface area contributed by atoms with Crippen LogP contribution in [0.4, 0.5) is 0 Å². The zero-order valence-electron chi connectivity index (χ0n) is 16.6. The largest absolute Gasteiger partial charge is 0.352 e. The molecule has 6 heteroatoms. The first-order valence-corrected chi connectivity index (χ1v) is 10.4. The van der Waals surface area contributed by atoms with Crippen molar-refractivity contribution in [1.82, 2.24) is 15.1 Å². The molecule has 0 unspecified atom stereocenters. The Kier molecular flexibility index (Phi) is 5.61. The quantitative estimate of drug-likeness (QED) is 0.841. The molecule has 2 saturated heterocycles. The molecular weight excluding hydrogens is 386 g/mol. The summed E-state index contributed by atoms with van der Waals surface area (Å²) in [4.78, 5) is 30.3. The molecule has 2 aromatic carbocycles. The van der Waals surface area contributed by atoms with E-state index in [1.807, 2.05) is 59.5 Å². The van der Waals surface area contributed by atoms with Gasteiger partial charge in [0.05, 0.1) is 5.92 Å². The number of nitrogens with zero attached hydrogens (tertiary/aromatic N) is 2. The Morgan fingerprint density at radius 1 is 1.10 bits per heavy atom. The van der Waals surface area contributed by atoms with E-state index in [2.05, 4.69) is 17.3 Å². The summed E-state index contributed by atoms with van der Waals surface area (Å²) in [6.45, 7) is 3.25. The Bertz CT molecular complexity index is 904. The van der Waals surface area contributed by atoms with Crippen molar-refractivity contribution in [3.05, 3.63) is 70.7 Å². The first kappa shape index (κ1) is 19.9. The molecule has 2 aliphatic rings. The van der Waals surface area contributed by atoms with E-state index in [-0.39, 0.29) is 23.1 Å². The monoisotopic (exact) mass is 411 g/mol. The predicted octanol–water partition coefficient (Wildman–Crippen LogP) is 3.05. The van der Waals surface area contributed by atoms with Gasteiger partial charge in [-0.3, -0.25) is 9.59 Å². The van der Waals surface area contributed by atoms with E-state index in [0.29, 0.717) is 30.2 Å². The maximum Gasteiger partial charge on any atom is 0.253 e. The number of likely N-dealkylation sites (tertiary alicyclic amines) is 2. The molecule has 2 aliphatic heterocycles. The van der Waals surface area contributed by atoms with Crippen LogP contribution in [0.1, 0.15) is 22.3 Å². The molecular formula is C23H26ClN3O2. The summed E-state index contributed by atoms with van der Waals surface area (Å²) in [6, 6.07) is 16.8. The van der Waals surface area contributed by atoms with Crippen molar-refractivity contribution in [3.8, 4) is 0 Å². The van der Waals surface area contributed by atoms with Gasteiger partial charge >= 0.3 is 0 Å². The molecule has 29 heavy (non-hydrogen) atoms. The minimum Gasteiger partial charge on any atom is -0.352 e. The topological polar surface area (TPSA) is 52.7 Å².